The molecule has 4 heteroatoms. The highest BCUT2D eigenvalue weighted by molar-refractivity contribution is 5.76. The maximum absolute atomic E-state index is 11.6. The molecule has 0 saturated carbocycles. The third-order valence-corrected chi connectivity index (χ3v) is 3.41. The van der Waals surface area contributed by atoms with Gasteiger partial charge in [-0.05, 0) is 45.9 Å². The van der Waals surface area contributed by atoms with Gasteiger partial charge in [0.1, 0.15) is 0 Å². The van der Waals surface area contributed by atoms with Crippen molar-refractivity contribution in [1.82, 2.24) is 15.1 Å². The Balaban J connectivity index is 2.03. The molecule has 1 rings (SSSR count). The van der Waals surface area contributed by atoms with Crippen molar-refractivity contribution in [3.8, 4) is 0 Å². The minimum absolute atomic E-state index is 0.186. The number of nitrogens with zero attached hydrogens (tertiary/aromatic N) is 2. The summed E-state index contributed by atoms with van der Waals surface area (Å²) in [6.45, 7) is 7.21. The largest absolute Gasteiger partial charge is 0.355 e. The predicted molar refractivity (Wildman–Crippen MR) is 71.0 cm³/mol. The van der Waals surface area contributed by atoms with E-state index in [9.17, 15) is 4.79 Å². The molecule has 1 aliphatic rings. The minimum Gasteiger partial charge on any atom is -0.355 e. The molecule has 0 atom stereocenters. The van der Waals surface area contributed by atoms with Crippen LogP contribution >= 0.6 is 0 Å². The maximum Gasteiger partial charge on any atom is 0.221 e. The summed E-state index contributed by atoms with van der Waals surface area (Å²) in [5, 5.41) is 2.96. The summed E-state index contributed by atoms with van der Waals surface area (Å²) in [7, 11) is 4.03. The fourth-order valence-corrected chi connectivity index (χ4v) is 2.05. The minimum atomic E-state index is 0.186. The van der Waals surface area contributed by atoms with Crippen molar-refractivity contribution >= 4 is 5.91 Å². The zero-order valence-corrected chi connectivity index (χ0v) is 11.5. The first-order valence-corrected chi connectivity index (χ1v) is 6.71. The highest BCUT2D eigenvalue weighted by atomic mass is 16.1. The number of likely N-dealkylation sites (tertiary alicyclic amines) is 1. The fraction of sp³-hybridized carbons (Fsp3) is 0.923. The summed E-state index contributed by atoms with van der Waals surface area (Å²) in [5.41, 5.74) is 0. The smallest absolute Gasteiger partial charge is 0.221 e. The number of nitrogens with one attached hydrogen (secondary N) is 1. The van der Waals surface area contributed by atoms with Crippen LogP contribution in [0.5, 0.6) is 0 Å². The number of hydrogen-bond acceptors (Lipinski definition) is 3. The topological polar surface area (TPSA) is 35.6 Å². The lowest BCUT2D eigenvalue weighted by Gasteiger charge is -2.29. The van der Waals surface area contributed by atoms with Crippen LogP contribution in [0, 0.1) is 5.92 Å². The molecule has 0 spiro atoms. The van der Waals surface area contributed by atoms with Gasteiger partial charge in [-0.3, -0.25) is 4.79 Å². The van der Waals surface area contributed by atoms with E-state index in [2.05, 4.69) is 22.0 Å². The van der Waals surface area contributed by atoms with Gasteiger partial charge in [0.25, 0.3) is 0 Å². The molecule has 0 aromatic carbocycles. The molecule has 0 aromatic heterocycles. The van der Waals surface area contributed by atoms with Crippen molar-refractivity contribution in [2.75, 3.05) is 46.8 Å². The Morgan fingerprint density at radius 2 is 2.00 bits per heavy atom. The number of hydrogen-bond donors (Lipinski definition) is 1. The summed E-state index contributed by atoms with van der Waals surface area (Å²) in [4.78, 5) is 16.1. The first kappa shape index (κ1) is 14.5. The Kier molecular flexibility index (Phi) is 6.52. The molecule has 1 saturated heterocycles. The van der Waals surface area contributed by atoms with Crippen molar-refractivity contribution in [2.24, 2.45) is 5.92 Å². The normalized spacial score (nSPS) is 18.6. The van der Waals surface area contributed by atoms with Crippen LogP contribution in [0.3, 0.4) is 0 Å². The number of piperidine rings is 1. The van der Waals surface area contributed by atoms with Gasteiger partial charge in [0, 0.05) is 26.1 Å². The summed E-state index contributed by atoms with van der Waals surface area (Å²) in [6, 6.07) is 0. The molecule has 1 aliphatic heterocycles. The number of carbonyl (C=O) groups excluding carboxylic acids is 1. The van der Waals surface area contributed by atoms with Crippen LogP contribution < -0.4 is 5.32 Å². The van der Waals surface area contributed by atoms with Crippen molar-refractivity contribution in [3.05, 3.63) is 0 Å². The van der Waals surface area contributed by atoms with E-state index >= 15 is 0 Å². The molecule has 4 nitrogen and oxygen atoms in total. The van der Waals surface area contributed by atoms with E-state index in [0.29, 0.717) is 6.42 Å². The van der Waals surface area contributed by atoms with Gasteiger partial charge in [0.15, 0.2) is 0 Å². The lowest BCUT2D eigenvalue weighted by molar-refractivity contribution is -0.121. The van der Waals surface area contributed by atoms with Gasteiger partial charge >= 0.3 is 0 Å². The Labute approximate surface area is 105 Å². The first-order valence-electron chi connectivity index (χ1n) is 6.71. The zero-order valence-electron chi connectivity index (χ0n) is 11.5. The summed E-state index contributed by atoms with van der Waals surface area (Å²) in [5.74, 6) is 1.05. The van der Waals surface area contributed by atoms with E-state index in [0.717, 1.165) is 38.6 Å². The predicted octanol–water partition coefficient (Wildman–Crippen LogP) is 0.786. The quantitative estimate of drug-likeness (QED) is 0.747. The highest BCUT2D eigenvalue weighted by Crippen LogP contribution is 2.15. The standard InChI is InChI=1S/C13H27N3O/c1-12-4-8-16(9-5-12)10-6-13(17)14-7-11-15(2)3/h12H,4-11H2,1-3H3,(H,14,17). The van der Waals surface area contributed by atoms with Gasteiger partial charge in [0.05, 0.1) is 0 Å². The second-order valence-corrected chi connectivity index (χ2v) is 5.43. The number of rotatable bonds is 6. The molecule has 1 amide bonds. The van der Waals surface area contributed by atoms with Crippen molar-refractivity contribution in [3.63, 3.8) is 0 Å². The number of likely N-dealkylation sites (N-methyl/N-ethyl adjacent to an activating group) is 1. The van der Waals surface area contributed by atoms with Gasteiger partial charge in [-0.1, -0.05) is 6.92 Å². The molecule has 1 N–H and O–H groups in total. The van der Waals surface area contributed by atoms with E-state index in [-0.39, 0.29) is 5.91 Å². The van der Waals surface area contributed by atoms with Gasteiger partial charge in [-0.15, -0.1) is 0 Å². The maximum atomic E-state index is 11.6. The molecule has 0 aliphatic carbocycles. The SMILES string of the molecule is CC1CCN(CCC(=O)NCCN(C)C)CC1. The molecule has 17 heavy (non-hydrogen) atoms. The van der Waals surface area contributed by atoms with Gasteiger partial charge in [-0.2, -0.15) is 0 Å². The van der Waals surface area contributed by atoms with Crippen LogP contribution in [0.4, 0.5) is 0 Å². The fourth-order valence-electron chi connectivity index (χ4n) is 2.05. The Morgan fingerprint density at radius 3 is 2.59 bits per heavy atom. The third kappa shape index (κ3) is 6.64. The van der Waals surface area contributed by atoms with Crippen LogP contribution in [0.15, 0.2) is 0 Å². The third-order valence-electron chi connectivity index (χ3n) is 3.41. The summed E-state index contributed by atoms with van der Waals surface area (Å²) < 4.78 is 0. The summed E-state index contributed by atoms with van der Waals surface area (Å²) >= 11 is 0. The van der Waals surface area contributed by atoms with Crippen molar-refractivity contribution in [1.29, 1.82) is 0 Å². The van der Waals surface area contributed by atoms with Gasteiger partial charge in [-0.25, -0.2) is 0 Å². The Bertz CT molecular complexity index is 223. The van der Waals surface area contributed by atoms with E-state index in [1.807, 2.05) is 14.1 Å². The average Bonchev–Trinajstić information content (AvgIpc) is 2.28. The lowest BCUT2D eigenvalue weighted by Crippen LogP contribution is -2.37. The van der Waals surface area contributed by atoms with E-state index < -0.39 is 0 Å². The van der Waals surface area contributed by atoms with E-state index in [4.69, 9.17) is 0 Å². The highest BCUT2D eigenvalue weighted by Gasteiger charge is 2.15. The van der Waals surface area contributed by atoms with Crippen LogP contribution in [-0.2, 0) is 4.79 Å². The molecule has 0 radical (unpaired) electrons. The van der Waals surface area contributed by atoms with E-state index in [1.54, 1.807) is 0 Å². The Morgan fingerprint density at radius 1 is 1.35 bits per heavy atom. The van der Waals surface area contributed by atoms with Gasteiger partial charge < -0.3 is 15.1 Å². The second-order valence-electron chi connectivity index (χ2n) is 5.43. The molecule has 0 unspecified atom stereocenters. The molecular weight excluding hydrogens is 214 g/mol. The second kappa shape index (κ2) is 7.67. The van der Waals surface area contributed by atoms with Crippen LogP contribution in [0.1, 0.15) is 26.2 Å². The Hall–Kier alpha value is -0.610. The van der Waals surface area contributed by atoms with Gasteiger partial charge in [0.2, 0.25) is 5.91 Å². The van der Waals surface area contributed by atoms with Crippen LogP contribution in [0.2, 0.25) is 0 Å². The van der Waals surface area contributed by atoms with E-state index in [1.165, 1.54) is 12.8 Å². The molecule has 0 aromatic rings. The van der Waals surface area contributed by atoms with Crippen molar-refractivity contribution in [2.45, 2.75) is 26.2 Å². The molecule has 1 heterocycles. The zero-order chi connectivity index (χ0) is 12.7. The van der Waals surface area contributed by atoms with Crippen molar-refractivity contribution < 1.29 is 4.79 Å². The number of carbonyl (C=O) groups is 1. The van der Waals surface area contributed by atoms with Crippen LogP contribution in [-0.4, -0.2) is 62.5 Å². The van der Waals surface area contributed by atoms with Crippen LogP contribution in [0.25, 0.3) is 0 Å². The molecule has 0 bridgehead atoms. The molecular formula is C13H27N3O. The number of amides is 1. The molecule has 1 fully saturated rings. The summed E-state index contributed by atoms with van der Waals surface area (Å²) in [6.07, 6.45) is 3.20. The lowest BCUT2D eigenvalue weighted by atomic mass is 9.99. The average molecular weight is 241 g/mol. The monoisotopic (exact) mass is 241 g/mol. The molecule has 100 valence electrons. The first-order chi connectivity index (χ1) is 8.08.